The summed E-state index contributed by atoms with van der Waals surface area (Å²) < 4.78 is 5.52. The summed E-state index contributed by atoms with van der Waals surface area (Å²) in [5, 5.41) is 0. The van der Waals surface area contributed by atoms with E-state index in [2.05, 4.69) is 75.0 Å². The van der Waals surface area contributed by atoms with Gasteiger partial charge in [0, 0.05) is 0 Å². The Morgan fingerprint density at radius 1 is 0.955 bits per heavy atom. The third-order valence-corrected chi connectivity index (χ3v) is 4.30. The molecule has 22 heavy (non-hydrogen) atoms. The maximum Gasteiger partial charge on any atom is 0.119 e. The van der Waals surface area contributed by atoms with Crippen molar-refractivity contribution < 1.29 is 4.74 Å². The van der Waals surface area contributed by atoms with Crippen molar-refractivity contribution in [2.24, 2.45) is 5.41 Å². The van der Waals surface area contributed by atoms with Gasteiger partial charge in [-0.15, -0.1) is 0 Å². The van der Waals surface area contributed by atoms with Gasteiger partial charge < -0.3 is 4.74 Å². The second-order valence-corrected chi connectivity index (χ2v) is 6.26. The van der Waals surface area contributed by atoms with Gasteiger partial charge in [-0.3, -0.25) is 0 Å². The number of hydrogen-bond acceptors (Lipinski definition) is 1. The molecule has 2 aromatic carbocycles. The Labute approximate surface area is 134 Å². The minimum absolute atomic E-state index is 0.0640. The van der Waals surface area contributed by atoms with Crippen molar-refractivity contribution in [2.45, 2.75) is 33.6 Å². The predicted octanol–water partition coefficient (Wildman–Crippen LogP) is 5.45. The Kier molecular flexibility index (Phi) is 5.43. The van der Waals surface area contributed by atoms with Crippen molar-refractivity contribution in [1.29, 1.82) is 0 Å². The van der Waals surface area contributed by atoms with Gasteiger partial charge in [0.2, 0.25) is 0 Å². The average Bonchev–Trinajstić information content (AvgIpc) is 2.50. The Bertz CT molecular complexity index is 598. The van der Waals surface area contributed by atoms with E-state index in [4.69, 9.17) is 4.74 Å². The molecule has 1 heteroatoms. The van der Waals surface area contributed by atoms with Gasteiger partial charge >= 0.3 is 0 Å². The molecule has 0 fully saturated rings. The lowest BCUT2D eigenvalue weighted by Crippen LogP contribution is -2.24. The normalized spacial score (nSPS) is 13.4. The molecule has 0 radical (unpaired) electrons. The third kappa shape index (κ3) is 4.24. The van der Waals surface area contributed by atoms with Gasteiger partial charge in [0.05, 0.1) is 6.61 Å². The molecule has 0 aliphatic rings. The SMILES string of the molecule is C=C(C)[C@@](C)(Cc1ccccc1)Cc1ccc(OCC)cc1. The van der Waals surface area contributed by atoms with Crippen LogP contribution in [0.15, 0.2) is 66.7 Å². The molecule has 116 valence electrons. The van der Waals surface area contributed by atoms with Crippen LogP contribution in [0, 0.1) is 5.41 Å². The van der Waals surface area contributed by atoms with Crippen molar-refractivity contribution in [1.82, 2.24) is 0 Å². The van der Waals surface area contributed by atoms with E-state index in [-0.39, 0.29) is 5.41 Å². The Balaban J connectivity index is 2.15. The maximum absolute atomic E-state index is 5.52. The van der Waals surface area contributed by atoms with Crippen LogP contribution in [-0.2, 0) is 12.8 Å². The quantitative estimate of drug-likeness (QED) is 0.617. The highest BCUT2D eigenvalue weighted by Gasteiger charge is 2.26. The van der Waals surface area contributed by atoms with Crippen LogP contribution in [0.1, 0.15) is 31.9 Å². The fourth-order valence-electron chi connectivity index (χ4n) is 2.73. The molecule has 0 saturated heterocycles. The van der Waals surface area contributed by atoms with Crippen LogP contribution >= 0.6 is 0 Å². The van der Waals surface area contributed by atoms with Crippen LogP contribution in [-0.4, -0.2) is 6.61 Å². The zero-order chi connectivity index (χ0) is 16.0. The second kappa shape index (κ2) is 7.31. The fraction of sp³-hybridized carbons (Fsp3) is 0.333. The Hall–Kier alpha value is -2.02. The topological polar surface area (TPSA) is 9.23 Å². The average molecular weight is 294 g/mol. The maximum atomic E-state index is 5.52. The first-order valence-corrected chi connectivity index (χ1v) is 7.95. The zero-order valence-corrected chi connectivity index (χ0v) is 13.9. The number of rotatable bonds is 7. The highest BCUT2D eigenvalue weighted by atomic mass is 16.5. The molecule has 0 amide bonds. The van der Waals surface area contributed by atoms with E-state index >= 15 is 0 Å². The van der Waals surface area contributed by atoms with Gasteiger partial charge in [-0.25, -0.2) is 0 Å². The van der Waals surface area contributed by atoms with Crippen LogP contribution in [0.25, 0.3) is 0 Å². The van der Waals surface area contributed by atoms with Crippen molar-refractivity contribution >= 4 is 0 Å². The molecule has 0 N–H and O–H groups in total. The first-order chi connectivity index (χ1) is 10.5. The summed E-state index contributed by atoms with van der Waals surface area (Å²) in [4.78, 5) is 0. The zero-order valence-electron chi connectivity index (χ0n) is 13.9. The van der Waals surface area contributed by atoms with Gasteiger partial charge in [-0.05, 0) is 55.4 Å². The lowest BCUT2D eigenvalue weighted by molar-refractivity contribution is 0.339. The standard InChI is InChI=1S/C21H26O/c1-5-22-20-13-11-19(12-14-20)16-21(4,17(2)3)15-18-9-7-6-8-10-18/h6-14H,2,5,15-16H2,1,3-4H3/t21-/m0/s1. The van der Waals surface area contributed by atoms with Crippen LogP contribution in [0.3, 0.4) is 0 Å². The molecule has 2 aromatic rings. The molecule has 1 nitrogen and oxygen atoms in total. The van der Waals surface area contributed by atoms with Gasteiger partial charge in [0.25, 0.3) is 0 Å². The summed E-state index contributed by atoms with van der Waals surface area (Å²) in [6, 6.07) is 19.1. The molecular formula is C21H26O. The van der Waals surface area contributed by atoms with E-state index in [1.807, 2.05) is 6.92 Å². The number of hydrogen-bond donors (Lipinski definition) is 0. The van der Waals surface area contributed by atoms with E-state index in [1.54, 1.807) is 0 Å². The molecule has 0 spiro atoms. The van der Waals surface area contributed by atoms with Crippen molar-refractivity contribution in [3.63, 3.8) is 0 Å². The summed E-state index contributed by atoms with van der Waals surface area (Å²) >= 11 is 0. The number of benzene rings is 2. The molecule has 0 saturated carbocycles. The molecule has 1 atom stereocenters. The summed E-state index contributed by atoms with van der Waals surface area (Å²) in [5.41, 5.74) is 3.98. The molecule has 0 unspecified atom stereocenters. The highest BCUT2D eigenvalue weighted by Crippen LogP contribution is 2.34. The third-order valence-electron chi connectivity index (χ3n) is 4.30. The fourth-order valence-corrected chi connectivity index (χ4v) is 2.73. The smallest absolute Gasteiger partial charge is 0.119 e. The van der Waals surface area contributed by atoms with Crippen LogP contribution < -0.4 is 4.74 Å². The predicted molar refractivity (Wildman–Crippen MR) is 94.4 cm³/mol. The summed E-state index contributed by atoms with van der Waals surface area (Å²) in [6.45, 7) is 11.4. The molecule has 0 aromatic heterocycles. The lowest BCUT2D eigenvalue weighted by atomic mass is 9.74. The molecule has 0 heterocycles. The van der Waals surface area contributed by atoms with E-state index in [9.17, 15) is 0 Å². The highest BCUT2D eigenvalue weighted by molar-refractivity contribution is 5.30. The van der Waals surface area contributed by atoms with Crippen LogP contribution in [0.2, 0.25) is 0 Å². The Morgan fingerprint density at radius 2 is 1.50 bits per heavy atom. The molecule has 0 aliphatic heterocycles. The Morgan fingerprint density at radius 3 is 2.00 bits per heavy atom. The first kappa shape index (κ1) is 16.4. The summed E-state index contributed by atoms with van der Waals surface area (Å²) in [6.07, 6.45) is 2.00. The van der Waals surface area contributed by atoms with Gasteiger partial charge in [-0.1, -0.05) is 61.5 Å². The van der Waals surface area contributed by atoms with Gasteiger partial charge in [0.1, 0.15) is 5.75 Å². The van der Waals surface area contributed by atoms with E-state index in [0.29, 0.717) is 6.61 Å². The largest absolute Gasteiger partial charge is 0.494 e. The molecule has 0 bridgehead atoms. The number of allylic oxidation sites excluding steroid dienone is 1. The summed E-state index contributed by atoms with van der Waals surface area (Å²) in [5.74, 6) is 0.936. The summed E-state index contributed by atoms with van der Waals surface area (Å²) in [7, 11) is 0. The van der Waals surface area contributed by atoms with E-state index < -0.39 is 0 Å². The lowest BCUT2D eigenvalue weighted by Gasteiger charge is -2.31. The minimum atomic E-state index is 0.0640. The molecular weight excluding hydrogens is 268 g/mol. The van der Waals surface area contributed by atoms with E-state index in [1.165, 1.54) is 16.7 Å². The van der Waals surface area contributed by atoms with E-state index in [0.717, 1.165) is 18.6 Å². The van der Waals surface area contributed by atoms with Crippen molar-refractivity contribution in [3.05, 3.63) is 77.9 Å². The van der Waals surface area contributed by atoms with Crippen molar-refractivity contribution in [3.8, 4) is 5.75 Å². The monoisotopic (exact) mass is 294 g/mol. The second-order valence-electron chi connectivity index (χ2n) is 6.26. The first-order valence-electron chi connectivity index (χ1n) is 7.95. The van der Waals surface area contributed by atoms with Crippen LogP contribution in [0.5, 0.6) is 5.75 Å². The van der Waals surface area contributed by atoms with Crippen LogP contribution in [0.4, 0.5) is 0 Å². The molecule has 2 rings (SSSR count). The van der Waals surface area contributed by atoms with Crippen molar-refractivity contribution in [2.75, 3.05) is 6.61 Å². The molecule has 0 aliphatic carbocycles. The number of ether oxygens (including phenoxy) is 1. The minimum Gasteiger partial charge on any atom is -0.494 e. The van der Waals surface area contributed by atoms with Gasteiger partial charge in [-0.2, -0.15) is 0 Å². The van der Waals surface area contributed by atoms with Gasteiger partial charge in [0.15, 0.2) is 0 Å².